The van der Waals surface area contributed by atoms with Crippen LogP contribution in [-0.4, -0.2) is 33.4 Å². The molecule has 0 radical (unpaired) electrons. The second-order valence-corrected chi connectivity index (χ2v) is 7.87. The van der Waals surface area contributed by atoms with Gasteiger partial charge in [-0.25, -0.2) is 0 Å². The van der Waals surface area contributed by atoms with E-state index in [1.54, 1.807) is 10.9 Å². The largest absolute Gasteiger partial charge is 0.363 e. The van der Waals surface area contributed by atoms with Crippen LogP contribution in [0.15, 0.2) is 66.9 Å². The second-order valence-electron chi connectivity index (χ2n) is 7.87. The van der Waals surface area contributed by atoms with E-state index in [1.807, 2.05) is 60.7 Å². The number of hydrogen-bond acceptors (Lipinski definition) is 4. The van der Waals surface area contributed by atoms with Gasteiger partial charge in [0.2, 0.25) is 5.78 Å². The van der Waals surface area contributed by atoms with E-state index in [-0.39, 0.29) is 6.42 Å². The molecule has 2 amide bonds. The Bertz CT molecular complexity index is 1090. The van der Waals surface area contributed by atoms with Gasteiger partial charge in [0.1, 0.15) is 11.7 Å². The van der Waals surface area contributed by atoms with Crippen molar-refractivity contribution in [1.29, 1.82) is 0 Å². The van der Waals surface area contributed by atoms with Crippen molar-refractivity contribution in [2.24, 2.45) is 11.7 Å². The van der Waals surface area contributed by atoms with Crippen molar-refractivity contribution >= 4 is 17.6 Å². The number of nitrogens with zero attached hydrogens (tertiary/aromatic N) is 2. The van der Waals surface area contributed by atoms with E-state index in [1.165, 1.54) is 0 Å². The van der Waals surface area contributed by atoms with Crippen LogP contribution in [0.5, 0.6) is 0 Å². The van der Waals surface area contributed by atoms with Crippen LogP contribution in [0.25, 0.3) is 11.3 Å². The zero-order valence-electron chi connectivity index (χ0n) is 17.0. The Hall–Kier alpha value is -3.74. The molecule has 7 nitrogen and oxygen atoms in total. The minimum absolute atomic E-state index is 0.172. The summed E-state index contributed by atoms with van der Waals surface area (Å²) >= 11 is 0. The summed E-state index contributed by atoms with van der Waals surface area (Å²) in [6.45, 7) is 0.751. The molecular weight excluding hydrogens is 392 g/mol. The van der Waals surface area contributed by atoms with Crippen molar-refractivity contribution in [1.82, 2.24) is 15.1 Å². The lowest BCUT2D eigenvalue weighted by atomic mass is 10.0. The molecule has 7 heteroatoms. The van der Waals surface area contributed by atoms with Crippen molar-refractivity contribution in [3.63, 3.8) is 0 Å². The van der Waals surface area contributed by atoms with Crippen molar-refractivity contribution in [2.75, 3.05) is 0 Å². The van der Waals surface area contributed by atoms with Crippen molar-refractivity contribution in [3.8, 4) is 11.3 Å². The Labute approximate surface area is 180 Å². The Morgan fingerprint density at radius 2 is 1.68 bits per heavy atom. The molecule has 158 valence electrons. The molecule has 3 aromatic rings. The molecular formula is C24H24N4O3. The fourth-order valence-electron chi connectivity index (χ4n) is 3.52. The van der Waals surface area contributed by atoms with Crippen LogP contribution < -0.4 is 11.1 Å². The molecule has 1 unspecified atom stereocenters. The molecule has 1 atom stereocenters. The predicted molar refractivity (Wildman–Crippen MR) is 116 cm³/mol. The molecule has 4 rings (SSSR count). The third kappa shape index (κ3) is 5.06. The molecule has 2 aromatic carbocycles. The molecule has 0 spiro atoms. The SMILES string of the molecule is NC(=O)C(=O)C(Cc1ccccc1)NC(=O)c1cn(CC2CC2)nc1-c1ccccc1. The number of Topliss-reactive ketones (excluding diaryl/α,β-unsaturated/α-hetero) is 1. The van der Waals surface area contributed by atoms with E-state index in [0.29, 0.717) is 17.2 Å². The van der Waals surface area contributed by atoms with Gasteiger partial charge >= 0.3 is 0 Å². The molecule has 0 saturated heterocycles. The standard InChI is InChI=1S/C24H24N4O3/c25-23(30)22(29)20(13-16-7-3-1-4-8-16)26-24(31)19-15-28(14-17-11-12-17)27-21(19)18-9-5-2-6-10-18/h1-10,15,17,20H,11-14H2,(H2,25,30)(H,26,31). The number of rotatable bonds is 9. The fraction of sp³-hybridized carbons (Fsp3) is 0.250. The zero-order valence-corrected chi connectivity index (χ0v) is 17.0. The van der Waals surface area contributed by atoms with Gasteiger partial charge in [0, 0.05) is 24.7 Å². The molecule has 0 bridgehead atoms. The number of nitrogens with one attached hydrogen (secondary N) is 1. The normalized spacial score (nSPS) is 14.1. The van der Waals surface area contributed by atoms with E-state index in [2.05, 4.69) is 10.4 Å². The molecule has 0 aliphatic heterocycles. The smallest absolute Gasteiger partial charge is 0.287 e. The number of amides is 2. The van der Waals surface area contributed by atoms with Crippen LogP contribution in [-0.2, 0) is 22.6 Å². The van der Waals surface area contributed by atoms with Gasteiger partial charge in [-0.1, -0.05) is 60.7 Å². The third-order valence-electron chi connectivity index (χ3n) is 5.34. The maximum absolute atomic E-state index is 13.2. The van der Waals surface area contributed by atoms with Crippen LogP contribution in [0.2, 0.25) is 0 Å². The average Bonchev–Trinajstić information content (AvgIpc) is 3.49. The Balaban J connectivity index is 1.62. The highest BCUT2D eigenvalue weighted by Crippen LogP contribution is 2.31. The van der Waals surface area contributed by atoms with Crippen molar-refractivity contribution < 1.29 is 14.4 Å². The molecule has 1 aliphatic rings. The number of primary amides is 1. The minimum Gasteiger partial charge on any atom is -0.363 e. The van der Waals surface area contributed by atoms with Crippen LogP contribution in [0.4, 0.5) is 0 Å². The van der Waals surface area contributed by atoms with Gasteiger partial charge in [-0.2, -0.15) is 5.10 Å². The lowest BCUT2D eigenvalue weighted by Gasteiger charge is -2.16. The predicted octanol–water partition coefficient (Wildman–Crippen LogP) is 2.36. The quantitative estimate of drug-likeness (QED) is 0.522. The zero-order chi connectivity index (χ0) is 21.8. The highest BCUT2D eigenvalue weighted by Gasteiger charge is 2.29. The molecule has 1 saturated carbocycles. The summed E-state index contributed by atoms with van der Waals surface area (Å²) in [4.78, 5) is 37.2. The number of benzene rings is 2. The van der Waals surface area contributed by atoms with E-state index in [4.69, 9.17) is 5.73 Å². The van der Waals surface area contributed by atoms with Gasteiger partial charge in [0.05, 0.1) is 5.56 Å². The molecule has 1 aliphatic carbocycles. The Morgan fingerprint density at radius 1 is 1.03 bits per heavy atom. The van der Waals surface area contributed by atoms with Crippen LogP contribution in [0, 0.1) is 5.92 Å². The van der Waals surface area contributed by atoms with E-state index in [9.17, 15) is 14.4 Å². The highest BCUT2D eigenvalue weighted by atomic mass is 16.2. The summed E-state index contributed by atoms with van der Waals surface area (Å²) in [6.07, 6.45) is 4.21. The number of hydrogen-bond donors (Lipinski definition) is 2. The molecule has 1 aromatic heterocycles. The van der Waals surface area contributed by atoms with Crippen molar-refractivity contribution in [3.05, 3.63) is 78.0 Å². The average molecular weight is 416 g/mol. The summed E-state index contributed by atoms with van der Waals surface area (Å²) in [5.74, 6) is -1.78. The fourth-order valence-corrected chi connectivity index (χ4v) is 3.52. The summed E-state index contributed by atoms with van der Waals surface area (Å²) in [5.41, 5.74) is 7.77. The van der Waals surface area contributed by atoms with Crippen LogP contribution >= 0.6 is 0 Å². The van der Waals surface area contributed by atoms with E-state index >= 15 is 0 Å². The van der Waals surface area contributed by atoms with E-state index < -0.39 is 23.6 Å². The molecule has 1 heterocycles. The summed E-state index contributed by atoms with van der Waals surface area (Å²) in [5, 5.41) is 7.34. The molecule has 1 fully saturated rings. The van der Waals surface area contributed by atoms with Gasteiger partial charge in [0.25, 0.3) is 11.8 Å². The number of aromatic nitrogens is 2. The van der Waals surface area contributed by atoms with E-state index in [0.717, 1.165) is 30.5 Å². The Kier molecular flexibility index (Phi) is 5.93. The maximum atomic E-state index is 13.2. The summed E-state index contributed by atoms with van der Waals surface area (Å²) < 4.78 is 1.79. The lowest BCUT2D eigenvalue weighted by Crippen LogP contribution is -2.47. The monoisotopic (exact) mass is 416 g/mol. The molecule has 31 heavy (non-hydrogen) atoms. The second kappa shape index (κ2) is 8.95. The number of nitrogens with two attached hydrogens (primary N) is 1. The van der Waals surface area contributed by atoms with Gasteiger partial charge in [-0.3, -0.25) is 19.1 Å². The highest BCUT2D eigenvalue weighted by molar-refractivity contribution is 6.38. The van der Waals surface area contributed by atoms with Gasteiger partial charge in [-0.15, -0.1) is 0 Å². The number of ketones is 1. The first-order chi connectivity index (χ1) is 15.0. The van der Waals surface area contributed by atoms with Gasteiger partial charge < -0.3 is 11.1 Å². The number of carbonyl (C=O) groups is 3. The van der Waals surface area contributed by atoms with Crippen molar-refractivity contribution in [2.45, 2.75) is 31.8 Å². The Morgan fingerprint density at radius 3 is 2.29 bits per heavy atom. The first kappa shape index (κ1) is 20.5. The first-order valence-corrected chi connectivity index (χ1v) is 10.3. The first-order valence-electron chi connectivity index (χ1n) is 10.3. The molecule has 3 N–H and O–H groups in total. The lowest BCUT2D eigenvalue weighted by molar-refractivity contribution is -0.137. The van der Waals surface area contributed by atoms with Gasteiger partial charge in [-0.05, 0) is 24.3 Å². The van der Waals surface area contributed by atoms with Gasteiger partial charge in [0.15, 0.2) is 0 Å². The van der Waals surface area contributed by atoms with Crippen LogP contribution in [0.1, 0.15) is 28.8 Å². The van der Waals surface area contributed by atoms with Crippen LogP contribution in [0.3, 0.4) is 0 Å². The summed E-state index contributed by atoms with van der Waals surface area (Å²) in [7, 11) is 0. The number of carbonyl (C=O) groups excluding carboxylic acids is 3. The summed E-state index contributed by atoms with van der Waals surface area (Å²) in [6, 6.07) is 17.6. The maximum Gasteiger partial charge on any atom is 0.287 e. The third-order valence-corrected chi connectivity index (χ3v) is 5.34. The topological polar surface area (TPSA) is 107 Å². The minimum atomic E-state index is -1.08.